The van der Waals surface area contributed by atoms with E-state index in [2.05, 4.69) is 32.9 Å². The van der Waals surface area contributed by atoms with Crippen LogP contribution >= 0.6 is 11.6 Å². The summed E-state index contributed by atoms with van der Waals surface area (Å²) in [4.78, 5) is 27.9. The molecule has 43 heavy (non-hydrogen) atoms. The average molecular weight is 625 g/mol. The highest BCUT2D eigenvalue weighted by atomic mass is 35.5. The van der Waals surface area contributed by atoms with Crippen LogP contribution in [0.4, 0.5) is 0 Å². The third-order valence-corrected chi connectivity index (χ3v) is 12.0. The highest BCUT2D eigenvalue weighted by Crippen LogP contribution is 2.55. The van der Waals surface area contributed by atoms with Crippen LogP contribution in [0.15, 0.2) is 72.3 Å². The number of rotatable bonds is 8. The van der Waals surface area contributed by atoms with Gasteiger partial charge in [-0.25, -0.2) is 17.5 Å². The first-order valence-corrected chi connectivity index (χ1v) is 17.1. The number of nitrogens with zero attached hydrogens (tertiary/aromatic N) is 2. The maximum absolute atomic E-state index is 14.6. The molecule has 7 nitrogen and oxygen atoms in total. The lowest BCUT2D eigenvalue weighted by atomic mass is 9.58. The minimum atomic E-state index is -3.42. The van der Waals surface area contributed by atoms with Crippen LogP contribution in [0.3, 0.4) is 0 Å². The summed E-state index contributed by atoms with van der Waals surface area (Å²) in [6.07, 6.45) is 6.49. The molecule has 0 bridgehead atoms. The number of hydrogen-bond donors (Lipinski definition) is 1. The van der Waals surface area contributed by atoms with Gasteiger partial charge in [0.25, 0.3) is 0 Å². The molecule has 9 heteroatoms. The van der Waals surface area contributed by atoms with Gasteiger partial charge in [0.1, 0.15) is 0 Å². The number of carbonyl (C=O) groups is 2. The highest BCUT2D eigenvalue weighted by molar-refractivity contribution is 7.89. The van der Waals surface area contributed by atoms with Crippen molar-refractivity contribution in [3.63, 3.8) is 0 Å². The first-order chi connectivity index (χ1) is 20.3. The Morgan fingerprint density at radius 2 is 1.60 bits per heavy atom. The SMILES string of the molecule is CC1(C)C(c2ccc(C(=O)O)cc2)=CC[C@]2(C)CN(C(=O)C3(c4ccccc4)CCN(S(=O)(=O)CCCCl)CC3)CC=C12. The van der Waals surface area contributed by atoms with E-state index in [1.54, 1.807) is 12.1 Å². The zero-order valence-corrected chi connectivity index (χ0v) is 26.8. The summed E-state index contributed by atoms with van der Waals surface area (Å²) >= 11 is 5.77. The van der Waals surface area contributed by atoms with Crippen LogP contribution in [0.2, 0.25) is 0 Å². The van der Waals surface area contributed by atoms with E-state index in [0.717, 1.165) is 23.1 Å². The normalized spacial score (nSPS) is 23.6. The fraction of sp³-hybridized carbons (Fsp3) is 0.471. The molecule has 1 aliphatic carbocycles. The van der Waals surface area contributed by atoms with E-state index in [-0.39, 0.29) is 28.1 Å². The van der Waals surface area contributed by atoms with Gasteiger partial charge in [0.05, 0.1) is 16.7 Å². The second-order valence-electron chi connectivity index (χ2n) is 12.9. The molecule has 0 spiro atoms. The molecule has 230 valence electrons. The van der Waals surface area contributed by atoms with Crippen molar-refractivity contribution in [2.75, 3.05) is 37.8 Å². The summed E-state index contributed by atoms with van der Waals surface area (Å²) in [5.41, 5.74) is 3.31. The molecule has 5 rings (SSSR count). The molecular formula is C34H41ClN2O5S. The van der Waals surface area contributed by atoms with Gasteiger partial charge in [0.2, 0.25) is 15.9 Å². The Morgan fingerprint density at radius 3 is 2.21 bits per heavy atom. The van der Waals surface area contributed by atoms with E-state index in [1.807, 2.05) is 47.4 Å². The quantitative estimate of drug-likeness (QED) is 0.289. The Balaban J connectivity index is 1.41. The van der Waals surface area contributed by atoms with E-state index < -0.39 is 21.4 Å². The van der Waals surface area contributed by atoms with Gasteiger partial charge in [-0.3, -0.25) is 4.79 Å². The average Bonchev–Trinajstić information content (AvgIpc) is 2.99. The van der Waals surface area contributed by atoms with Gasteiger partial charge in [-0.05, 0) is 54.5 Å². The number of benzene rings is 2. The molecule has 1 atom stereocenters. The van der Waals surface area contributed by atoms with Crippen molar-refractivity contribution in [2.45, 2.75) is 51.9 Å². The molecule has 0 saturated carbocycles. The van der Waals surface area contributed by atoms with E-state index in [0.29, 0.717) is 51.3 Å². The van der Waals surface area contributed by atoms with Gasteiger partial charge in [-0.1, -0.05) is 81.0 Å². The fourth-order valence-electron chi connectivity index (χ4n) is 7.55. The molecule has 2 heterocycles. The van der Waals surface area contributed by atoms with Crippen molar-refractivity contribution in [3.8, 4) is 0 Å². The predicted octanol–water partition coefficient (Wildman–Crippen LogP) is 5.97. The molecule has 0 unspecified atom stereocenters. The van der Waals surface area contributed by atoms with E-state index >= 15 is 0 Å². The maximum Gasteiger partial charge on any atom is 0.335 e. The number of halogens is 1. The first kappa shape index (κ1) is 31.5. The summed E-state index contributed by atoms with van der Waals surface area (Å²) in [5, 5.41) is 9.32. The minimum Gasteiger partial charge on any atom is -0.478 e. The lowest BCUT2D eigenvalue weighted by molar-refractivity contribution is -0.140. The first-order valence-electron chi connectivity index (χ1n) is 15.0. The number of carboxylic acids is 1. The van der Waals surface area contributed by atoms with Gasteiger partial charge in [-0.2, -0.15) is 0 Å². The minimum absolute atomic E-state index is 0.0236. The van der Waals surface area contributed by atoms with Gasteiger partial charge in [0, 0.05) is 42.9 Å². The van der Waals surface area contributed by atoms with Crippen LogP contribution in [-0.4, -0.2) is 72.4 Å². The number of carboxylic acid groups (broad SMARTS) is 1. The van der Waals surface area contributed by atoms with Crippen LogP contribution in [0.25, 0.3) is 5.57 Å². The van der Waals surface area contributed by atoms with Crippen LogP contribution in [-0.2, 0) is 20.2 Å². The topological polar surface area (TPSA) is 95.0 Å². The zero-order chi connectivity index (χ0) is 31.0. The molecule has 1 N–H and O–H groups in total. The molecule has 0 radical (unpaired) electrons. The molecule has 2 aromatic rings. The standard InChI is InChI=1S/C34H41ClN2O5S/c1-32(2)28(25-10-12-26(13-11-25)30(38)39)14-16-33(3)24-36(20-15-29(32)33)31(40)34(27-8-5-4-6-9-27)17-21-37(22-18-34)43(41,42)23-7-19-35/h4-6,8-15H,7,16-24H2,1-3H3,(H,38,39)/t33-/m1/s1. The molecule has 0 aromatic heterocycles. The number of fused-ring (bicyclic) bond motifs is 1. The summed E-state index contributed by atoms with van der Waals surface area (Å²) in [6.45, 7) is 8.31. The summed E-state index contributed by atoms with van der Waals surface area (Å²) in [5.74, 6) is -0.559. The second-order valence-corrected chi connectivity index (χ2v) is 15.4. The molecule has 1 saturated heterocycles. The van der Waals surface area contributed by atoms with Crippen molar-refractivity contribution < 1.29 is 23.1 Å². The van der Waals surface area contributed by atoms with Crippen LogP contribution in [0, 0.1) is 10.8 Å². The fourth-order valence-corrected chi connectivity index (χ4v) is 9.35. The Hall–Kier alpha value is -2.94. The Bertz CT molecular complexity index is 1540. The predicted molar refractivity (Wildman–Crippen MR) is 171 cm³/mol. The summed E-state index contributed by atoms with van der Waals surface area (Å²) in [6, 6.07) is 16.9. The zero-order valence-electron chi connectivity index (χ0n) is 25.2. The lowest BCUT2D eigenvalue weighted by Crippen LogP contribution is -2.57. The molecule has 2 aromatic carbocycles. The number of carbonyl (C=O) groups excluding carboxylic acids is 1. The third-order valence-electron chi connectivity index (χ3n) is 9.78. The van der Waals surface area contributed by atoms with Crippen LogP contribution in [0.5, 0.6) is 0 Å². The number of sulfonamides is 1. The Kier molecular flexibility index (Phi) is 8.69. The van der Waals surface area contributed by atoms with Gasteiger partial charge < -0.3 is 10.0 Å². The van der Waals surface area contributed by atoms with Crippen molar-refractivity contribution in [1.82, 2.24) is 9.21 Å². The monoisotopic (exact) mass is 624 g/mol. The molecule has 2 aliphatic heterocycles. The Morgan fingerprint density at radius 1 is 0.953 bits per heavy atom. The number of piperidine rings is 1. The third kappa shape index (κ3) is 5.81. The van der Waals surface area contributed by atoms with Crippen LogP contribution < -0.4 is 0 Å². The summed E-state index contributed by atoms with van der Waals surface area (Å²) in [7, 11) is -3.42. The number of aromatic carboxylic acids is 1. The maximum atomic E-state index is 14.6. The molecule has 1 fully saturated rings. The largest absolute Gasteiger partial charge is 0.478 e. The second kappa shape index (κ2) is 11.9. The lowest BCUT2D eigenvalue weighted by Gasteiger charge is -2.52. The number of hydrogen-bond acceptors (Lipinski definition) is 4. The highest BCUT2D eigenvalue weighted by Gasteiger charge is 2.51. The molecule has 3 aliphatic rings. The molecular weight excluding hydrogens is 584 g/mol. The summed E-state index contributed by atoms with van der Waals surface area (Å²) < 4.78 is 27.4. The van der Waals surface area contributed by atoms with Gasteiger partial charge in [-0.15, -0.1) is 11.6 Å². The van der Waals surface area contributed by atoms with Crippen molar-refractivity contribution >= 4 is 39.1 Å². The van der Waals surface area contributed by atoms with E-state index in [9.17, 15) is 23.1 Å². The molecule has 1 amide bonds. The number of alkyl halides is 1. The number of allylic oxidation sites excluding steroid dienone is 2. The number of amides is 1. The van der Waals surface area contributed by atoms with Gasteiger partial charge in [0.15, 0.2) is 0 Å². The van der Waals surface area contributed by atoms with E-state index in [1.165, 1.54) is 9.88 Å². The van der Waals surface area contributed by atoms with Gasteiger partial charge >= 0.3 is 5.97 Å². The van der Waals surface area contributed by atoms with Crippen molar-refractivity contribution in [2.24, 2.45) is 10.8 Å². The van der Waals surface area contributed by atoms with Crippen molar-refractivity contribution in [1.29, 1.82) is 0 Å². The Labute approximate surface area is 260 Å². The van der Waals surface area contributed by atoms with Crippen LogP contribution in [0.1, 0.15) is 67.9 Å². The smallest absolute Gasteiger partial charge is 0.335 e. The van der Waals surface area contributed by atoms with E-state index in [4.69, 9.17) is 11.6 Å². The van der Waals surface area contributed by atoms with Crippen molar-refractivity contribution in [3.05, 3.63) is 89.0 Å².